The molecule has 1 atom stereocenters. The van der Waals surface area contributed by atoms with E-state index in [1.165, 1.54) is 6.07 Å². The van der Waals surface area contributed by atoms with Crippen LogP contribution in [0.1, 0.15) is 30.2 Å². The highest BCUT2D eigenvalue weighted by molar-refractivity contribution is 5.30. The van der Waals surface area contributed by atoms with Gasteiger partial charge in [-0.15, -0.1) is 0 Å². The Morgan fingerprint density at radius 2 is 2.28 bits per heavy atom. The van der Waals surface area contributed by atoms with Crippen molar-refractivity contribution in [2.75, 3.05) is 0 Å². The van der Waals surface area contributed by atoms with E-state index < -0.39 is 0 Å². The van der Waals surface area contributed by atoms with Crippen LogP contribution in [0.5, 0.6) is 5.75 Å². The predicted octanol–water partition coefficient (Wildman–Crippen LogP) is 2.12. The Morgan fingerprint density at radius 1 is 1.50 bits per heavy atom. The summed E-state index contributed by atoms with van der Waals surface area (Å²) in [6, 6.07) is 4.22. The number of hydrogen-bond donors (Lipinski definition) is 1. The van der Waals surface area contributed by atoms with Crippen LogP contribution in [0.25, 0.3) is 0 Å². The van der Waals surface area contributed by atoms with Gasteiger partial charge in [-0.2, -0.15) is 4.98 Å². The molecule has 0 fully saturated rings. The summed E-state index contributed by atoms with van der Waals surface area (Å²) in [6.45, 7) is 3.54. The molecular formula is C12H14FN3O2. The molecule has 6 heteroatoms. The van der Waals surface area contributed by atoms with E-state index in [0.717, 1.165) is 0 Å². The minimum atomic E-state index is -0.383. The zero-order valence-electron chi connectivity index (χ0n) is 10.2. The highest BCUT2D eigenvalue weighted by Gasteiger charge is 2.09. The molecule has 0 aliphatic rings. The van der Waals surface area contributed by atoms with Gasteiger partial charge in [0.2, 0.25) is 11.7 Å². The van der Waals surface area contributed by atoms with Crippen molar-refractivity contribution in [1.82, 2.24) is 10.1 Å². The molecule has 2 rings (SSSR count). The molecule has 1 aromatic heterocycles. The second kappa shape index (κ2) is 5.14. The summed E-state index contributed by atoms with van der Waals surface area (Å²) in [5, 5.41) is 3.67. The quantitative estimate of drug-likeness (QED) is 0.900. The van der Waals surface area contributed by atoms with E-state index in [1.807, 2.05) is 0 Å². The van der Waals surface area contributed by atoms with Gasteiger partial charge in [0.15, 0.2) is 6.61 Å². The fourth-order valence-corrected chi connectivity index (χ4v) is 1.51. The van der Waals surface area contributed by atoms with Crippen molar-refractivity contribution in [1.29, 1.82) is 0 Å². The molecule has 96 valence electrons. The van der Waals surface area contributed by atoms with Gasteiger partial charge < -0.3 is 15.0 Å². The lowest BCUT2D eigenvalue weighted by Crippen LogP contribution is -2.07. The Balaban J connectivity index is 2.04. The van der Waals surface area contributed by atoms with Crippen molar-refractivity contribution in [2.24, 2.45) is 5.73 Å². The molecule has 2 aromatic rings. The van der Waals surface area contributed by atoms with E-state index in [0.29, 0.717) is 23.0 Å². The van der Waals surface area contributed by atoms with E-state index in [4.69, 9.17) is 15.0 Å². The van der Waals surface area contributed by atoms with E-state index >= 15 is 0 Å². The van der Waals surface area contributed by atoms with Gasteiger partial charge in [0.05, 0.1) is 0 Å². The number of ether oxygens (including phenoxy) is 1. The van der Waals surface area contributed by atoms with Crippen molar-refractivity contribution in [3.05, 3.63) is 41.3 Å². The van der Waals surface area contributed by atoms with Crippen LogP contribution >= 0.6 is 0 Å². The topological polar surface area (TPSA) is 74.2 Å². The maximum Gasteiger partial charge on any atom is 0.223 e. The Labute approximate surface area is 104 Å². The van der Waals surface area contributed by atoms with Gasteiger partial charge in [-0.1, -0.05) is 11.2 Å². The normalized spacial score (nSPS) is 12.4. The van der Waals surface area contributed by atoms with Crippen molar-refractivity contribution in [2.45, 2.75) is 26.5 Å². The van der Waals surface area contributed by atoms with Gasteiger partial charge >= 0.3 is 0 Å². The number of halogens is 1. The zero-order valence-corrected chi connectivity index (χ0v) is 10.2. The van der Waals surface area contributed by atoms with E-state index in [2.05, 4.69) is 10.1 Å². The van der Waals surface area contributed by atoms with Crippen LogP contribution in [0, 0.1) is 12.7 Å². The summed E-state index contributed by atoms with van der Waals surface area (Å²) in [5.74, 6) is 0.905. The molecule has 0 bridgehead atoms. The summed E-state index contributed by atoms with van der Waals surface area (Å²) >= 11 is 0. The van der Waals surface area contributed by atoms with Gasteiger partial charge in [0, 0.05) is 24.6 Å². The standard InChI is InChI=1S/C12H14FN3O2/c1-7(14)10-4-3-9(5-11(10)13)17-6-12-15-8(2)18-16-12/h3-5,7H,6,14H2,1-2H3/t7-/m1/s1. The second-order valence-corrected chi connectivity index (χ2v) is 3.99. The monoisotopic (exact) mass is 251 g/mol. The molecule has 0 aliphatic carbocycles. The van der Waals surface area contributed by atoms with Crippen LogP contribution in [0.2, 0.25) is 0 Å². The summed E-state index contributed by atoms with van der Waals surface area (Å²) in [5.41, 5.74) is 6.08. The largest absolute Gasteiger partial charge is 0.485 e. The Bertz CT molecular complexity index is 540. The molecule has 18 heavy (non-hydrogen) atoms. The lowest BCUT2D eigenvalue weighted by Gasteiger charge is -2.09. The molecule has 5 nitrogen and oxygen atoms in total. The fraction of sp³-hybridized carbons (Fsp3) is 0.333. The molecular weight excluding hydrogens is 237 g/mol. The summed E-state index contributed by atoms with van der Waals surface area (Å²) in [7, 11) is 0. The van der Waals surface area contributed by atoms with Crippen LogP contribution in [0.4, 0.5) is 4.39 Å². The van der Waals surface area contributed by atoms with Gasteiger partial charge in [-0.25, -0.2) is 4.39 Å². The fourth-order valence-electron chi connectivity index (χ4n) is 1.51. The molecule has 2 N–H and O–H groups in total. The number of aryl methyl sites for hydroxylation is 1. The van der Waals surface area contributed by atoms with Crippen molar-refractivity contribution < 1.29 is 13.7 Å². The van der Waals surface area contributed by atoms with E-state index in [-0.39, 0.29) is 18.5 Å². The Kier molecular flexibility index (Phi) is 3.57. The lowest BCUT2D eigenvalue weighted by molar-refractivity contribution is 0.284. The number of benzene rings is 1. The second-order valence-electron chi connectivity index (χ2n) is 3.99. The zero-order chi connectivity index (χ0) is 13.1. The third kappa shape index (κ3) is 2.84. The molecule has 1 aromatic carbocycles. The average molecular weight is 251 g/mol. The summed E-state index contributed by atoms with van der Waals surface area (Å²) < 4.78 is 23.8. The smallest absolute Gasteiger partial charge is 0.223 e. The molecule has 0 radical (unpaired) electrons. The van der Waals surface area contributed by atoms with Crippen LogP contribution in [0.15, 0.2) is 22.7 Å². The Hall–Kier alpha value is -1.95. The van der Waals surface area contributed by atoms with Crippen molar-refractivity contribution >= 4 is 0 Å². The number of rotatable bonds is 4. The number of nitrogens with two attached hydrogens (primary N) is 1. The Morgan fingerprint density at radius 3 is 2.83 bits per heavy atom. The molecule has 0 unspecified atom stereocenters. The first-order valence-corrected chi connectivity index (χ1v) is 5.53. The summed E-state index contributed by atoms with van der Waals surface area (Å²) in [6.07, 6.45) is 0. The number of nitrogens with zero attached hydrogens (tertiary/aromatic N) is 2. The number of hydrogen-bond acceptors (Lipinski definition) is 5. The molecule has 1 heterocycles. The first kappa shape index (κ1) is 12.5. The van der Waals surface area contributed by atoms with Crippen LogP contribution < -0.4 is 10.5 Å². The van der Waals surface area contributed by atoms with E-state index in [9.17, 15) is 4.39 Å². The molecule has 0 spiro atoms. The van der Waals surface area contributed by atoms with Gasteiger partial charge in [-0.05, 0) is 13.0 Å². The first-order chi connectivity index (χ1) is 8.56. The maximum absolute atomic E-state index is 13.6. The predicted molar refractivity (Wildman–Crippen MR) is 62.4 cm³/mol. The van der Waals surface area contributed by atoms with E-state index in [1.54, 1.807) is 26.0 Å². The molecule has 0 aliphatic heterocycles. The minimum Gasteiger partial charge on any atom is -0.485 e. The highest BCUT2D eigenvalue weighted by Crippen LogP contribution is 2.21. The van der Waals surface area contributed by atoms with Crippen molar-refractivity contribution in [3.63, 3.8) is 0 Å². The van der Waals surface area contributed by atoms with Gasteiger partial charge in [-0.3, -0.25) is 0 Å². The van der Waals surface area contributed by atoms with Crippen LogP contribution in [-0.4, -0.2) is 10.1 Å². The third-order valence-corrected chi connectivity index (χ3v) is 2.40. The molecule has 0 amide bonds. The lowest BCUT2D eigenvalue weighted by atomic mass is 10.1. The molecule has 0 saturated carbocycles. The average Bonchev–Trinajstić information content (AvgIpc) is 2.72. The van der Waals surface area contributed by atoms with Crippen molar-refractivity contribution in [3.8, 4) is 5.75 Å². The number of aromatic nitrogens is 2. The first-order valence-electron chi connectivity index (χ1n) is 5.53. The highest BCUT2D eigenvalue weighted by atomic mass is 19.1. The van der Waals surface area contributed by atoms with Crippen LogP contribution in [-0.2, 0) is 6.61 Å². The van der Waals surface area contributed by atoms with Crippen LogP contribution in [0.3, 0.4) is 0 Å². The summed E-state index contributed by atoms with van der Waals surface area (Å²) in [4.78, 5) is 3.98. The minimum absolute atomic E-state index is 0.133. The SMILES string of the molecule is Cc1nc(COc2ccc([C@@H](C)N)c(F)c2)no1. The molecule has 0 saturated heterocycles. The van der Waals surface area contributed by atoms with Gasteiger partial charge in [0.25, 0.3) is 0 Å². The maximum atomic E-state index is 13.6. The third-order valence-electron chi connectivity index (χ3n) is 2.40. The van der Waals surface area contributed by atoms with Gasteiger partial charge in [0.1, 0.15) is 11.6 Å².